The van der Waals surface area contributed by atoms with Crippen molar-refractivity contribution in [2.24, 2.45) is 0 Å². The second-order valence-corrected chi connectivity index (χ2v) is 5.64. The molecule has 0 aliphatic carbocycles. The fourth-order valence-electron chi connectivity index (χ4n) is 2.09. The molecule has 1 aromatic carbocycles. The van der Waals surface area contributed by atoms with Crippen molar-refractivity contribution in [2.75, 3.05) is 5.32 Å². The highest BCUT2D eigenvalue weighted by molar-refractivity contribution is 7.09. The van der Waals surface area contributed by atoms with Gasteiger partial charge in [0.1, 0.15) is 17.8 Å². The monoisotopic (exact) mass is 353 g/mol. The Morgan fingerprint density at radius 1 is 1.29 bits per heavy atom. The highest BCUT2D eigenvalue weighted by atomic mass is 32.1. The molecule has 2 heterocycles. The molecule has 0 unspecified atom stereocenters. The Morgan fingerprint density at radius 2 is 2.08 bits per heavy atom. The van der Waals surface area contributed by atoms with E-state index in [1.807, 2.05) is 0 Å². The van der Waals surface area contributed by atoms with Crippen LogP contribution in [-0.4, -0.2) is 15.3 Å². The van der Waals surface area contributed by atoms with Gasteiger partial charge in [-0.15, -0.1) is 0 Å². The van der Waals surface area contributed by atoms with Gasteiger partial charge in [0.25, 0.3) is 5.91 Å². The predicted molar refractivity (Wildman–Crippen MR) is 81.7 cm³/mol. The molecule has 124 valence electrons. The number of benzene rings is 1. The summed E-state index contributed by atoms with van der Waals surface area (Å²) < 4.78 is 47.6. The predicted octanol–water partition coefficient (Wildman–Crippen LogP) is 4.38. The van der Waals surface area contributed by atoms with E-state index in [-0.39, 0.29) is 16.9 Å². The maximum atomic E-state index is 12.8. The van der Waals surface area contributed by atoms with Crippen LogP contribution in [0.1, 0.15) is 21.7 Å². The van der Waals surface area contributed by atoms with Gasteiger partial charge in [-0.3, -0.25) is 10.1 Å². The molecule has 0 aliphatic heterocycles. The third-order valence-corrected chi connectivity index (χ3v) is 3.80. The molecule has 0 aliphatic rings. The van der Waals surface area contributed by atoms with Gasteiger partial charge < -0.3 is 4.42 Å². The van der Waals surface area contributed by atoms with Gasteiger partial charge in [0.2, 0.25) is 5.13 Å². The molecule has 0 saturated heterocycles. The van der Waals surface area contributed by atoms with Gasteiger partial charge in [0.15, 0.2) is 0 Å². The van der Waals surface area contributed by atoms with Crippen LogP contribution in [0.25, 0.3) is 11.3 Å². The van der Waals surface area contributed by atoms with Crippen LogP contribution in [0.15, 0.2) is 41.1 Å². The lowest BCUT2D eigenvalue weighted by atomic mass is 10.1. The lowest BCUT2D eigenvalue weighted by Crippen LogP contribution is -2.11. The summed E-state index contributed by atoms with van der Waals surface area (Å²) in [6.45, 7) is 1.56. The van der Waals surface area contributed by atoms with Gasteiger partial charge in [-0.2, -0.15) is 17.5 Å². The Kier molecular flexibility index (Phi) is 4.10. The van der Waals surface area contributed by atoms with Crippen molar-refractivity contribution in [2.45, 2.75) is 13.1 Å². The molecule has 0 fully saturated rings. The number of carbonyl (C=O) groups is 1. The Morgan fingerprint density at radius 3 is 2.75 bits per heavy atom. The Bertz CT molecular complexity index is 872. The van der Waals surface area contributed by atoms with E-state index in [4.69, 9.17) is 4.42 Å². The minimum atomic E-state index is -4.45. The van der Waals surface area contributed by atoms with Crippen molar-refractivity contribution >= 4 is 22.6 Å². The number of amides is 1. The average molecular weight is 353 g/mol. The Balaban J connectivity index is 1.90. The fourth-order valence-corrected chi connectivity index (χ4v) is 2.52. The zero-order valence-corrected chi connectivity index (χ0v) is 13.0. The number of furan rings is 1. The van der Waals surface area contributed by atoms with E-state index in [2.05, 4.69) is 14.7 Å². The first-order valence-electron chi connectivity index (χ1n) is 6.70. The molecule has 1 N–H and O–H groups in total. The largest absolute Gasteiger partial charge is 0.461 e. The first-order chi connectivity index (χ1) is 11.3. The fraction of sp³-hybridized carbons (Fsp3) is 0.133. The maximum absolute atomic E-state index is 12.8. The van der Waals surface area contributed by atoms with Gasteiger partial charge in [0, 0.05) is 17.1 Å². The van der Waals surface area contributed by atoms with E-state index in [0.717, 1.165) is 23.7 Å². The molecule has 0 atom stereocenters. The molecule has 9 heteroatoms. The average Bonchev–Trinajstić information content (AvgIpc) is 3.16. The molecule has 3 rings (SSSR count). The maximum Gasteiger partial charge on any atom is 0.416 e. The lowest BCUT2D eigenvalue weighted by molar-refractivity contribution is -0.137. The van der Waals surface area contributed by atoms with Crippen LogP contribution in [0.2, 0.25) is 0 Å². The second-order valence-electron chi connectivity index (χ2n) is 4.86. The molecule has 0 bridgehead atoms. The van der Waals surface area contributed by atoms with Crippen LogP contribution in [-0.2, 0) is 6.18 Å². The third kappa shape index (κ3) is 3.30. The van der Waals surface area contributed by atoms with E-state index >= 15 is 0 Å². The summed E-state index contributed by atoms with van der Waals surface area (Å²) in [5.74, 6) is 0.0108. The van der Waals surface area contributed by atoms with E-state index in [1.165, 1.54) is 24.5 Å². The Labute approximate surface area is 138 Å². The molecular weight excluding hydrogens is 343 g/mol. The van der Waals surface area contributed by atoms with Crippen LogP contribution in [0.5, 0.6) is 0 Å². The summed E-state index contributed by atoms with van der Waals surface area (Å²) in [6, 6.07) is 6.13. The standard InChI is InChI=1S/C15H10F3N3O2S/c1-8-11(13(22)21-14-19-7-20-24-14)6-12(23-8)9-3-2-4-10(5-9)15(16,17)18/h2-7H,1H3,(H,19,20,21,22). The van der Waals surface area contributed by atoms with E-state index < -0.39 is 17.6 Å². The summed E-state index contributed by atoms with van der Waals surface area (Å²) in [7, 11) is 0. The van der Waals surface area contributed by atoms with E-state index in [1.54, 1.807) is 6.92 Å². The molecule has 3 aromatic rings. The number of halogens is 3. The van der Waals surface area contributed by atoms with E-state index in [9.17, 15) is 18.0 Å². The molecule has 2 aromatic heterocycles. The number of aromatic nitrogens is 2. The van der Waals surface area contributed by atoms with Crippen LogP contribution < -0.4 is 5.32 Å². The highest BCUT2D eigenvalue weighted by Gasteiger charge is 2.30. The number of aryl methyl sites for hydroxylation is 1. The molecule has 0 spiro atoms. The van der Waals surface area contributed by atoms with Crippen LogP contribution >= 0.6 is 11.5 Å². The number of anilines is 1. The SMILES string of the molecule is Cc1oc(-c2cccc(C(F)(F)F)c2)cc1C(=O)Nc1ncns1. The lowest BCUT2D eigenvalue weighted by Gasteiger charge is -2.07. The zero-order chi connectivity index (χ0) is 17.3. The second kappa shape index (κ2) is 6.08. The number of carbonyl (C=O) groups excluding carboxylic acids is 1. The van der Waals surface area contributed by atoms with Crippen molar-refractivity contribution in [3.05, 3.63) is 53.5 Å². The number of hydrogen-bond donors (Lipinski definition) is 1. The number of alkyl halides is 3. The Hall–Kier alpha value is -2.68. The minimum Gasteiger partial charge on any atom is -0.461 e. The van der Waals surface area contributed by atoms with Crippen molar-refractivity contribution in [3.63, 3.8) is 0 Å². The topological polar surface area (TPSA) is 68.0 Å². The molecule has 1 amide bonds. The van der Waals surface area contributed by atoms with Crippen molar-refractivity contribution in [3.8, 4) is 11.3 Å². The van der Waals surface area contributed by atoms with Crippen molar-refractivity contribution < 1.29 is 22.4 Å². The zero-order valence-electron chi connectivity index (χ0n) is 12.2. The molecule has 24 heavy (non-hydrogen) atoms. The number of rotatable bonds is 3. The van der Waals surface area contributed by atoms with Crippen LogP contribution in [0.3, 0.4) is 0 Å². The molecular formula is C15H10F3N3O2S. The van der Waals surface area contributed by atoms with Gasteiger partial charge in [-0.25, -0.2) is 4.98 Å². The summed E-state index contributed by atoms with van der Waals surface area (Å²) in [4.78, 5) is 16.0. The summed E-state index contributed by atoms with van der Waals surface area (Å²) in [5.41, 5.74) is -0.325. The highest BCUT2D eigenvalue weighted by Crippen LogP contribution is 2.33. The van der Waals surface area contributed by atoms with E-state index in [0.29, 0.717) is 10.9 Å². The van der Waals surface area contributed by atoms with Crippen LogP contribution in [0, 0.1) is 6.92 Å². The third-order valence-electron chi connectivity index (χ3n) is 3.22. The normalized spacial score (nSPS) is 11.5. The van der Waals surface area contributed by atoms with Crippen LogP contribution in [0.4, 0.5) is 18.3 Å². The number of nitrogens with zero attached hydrogens (tertiary/aromatic N) is 2. The molecule has 5 nitrogen and oxygen atoms in total. The smallest absolute Gasteiger partial charge is 0.416 e. The van der Waals surface area contributed by atoms with Gasteiger partial charge in [0.05, 0.1) is 11.1 Å². The van der Waals surface area contributed by atoms with Gasteiger partial charge in [-0.05, 0) is 25.1 Å². The first-order valence-corrected chi connectivity index (χ1v) is 7.48. The van der Waals surface area contributed by atoms with Gasteiger partial charge >= 0.3 is 6.18 Å². The van der Waals surface area contributed by atoms with Crippen molar-refractivity contribution in [1.82, 2.24) is 9.36 Å². The summed E-state index contributed by atoms with van der Waals surface area (Å²) in [6.07, 6.45) is -3.15. The molecule has 0 radical (unpaired) electrons. The quantitative estimate of drug-likeness (QED) is 0.759. The first kappa shape index (κ1) is 16.2. The van der Waals surface area contributed by atoms with Crippen molar-refractivity contribution in [1.29, 1.82) is 0 Å². The summed E-state index contributed by atoms with van der Waals surface area (Å²) >= 11 is 1.01. The molecule has 0 saturated carbocycles. The minimum absolute atomic E-state index is 0.181. The number of nitrogens with one attached hydrogen (secondary N) is 1. The number of hydrogen-bond acceptors (Lipinski definition) is 5. The summed E-state index contributed by atoms with van der Waals surface area (Å²) in [5, 5.41) is 2.87. The van der Waals surface area contributed by atoms with Gasteiger partial charge in [-0.1, -0.05) is 12.1 Å².